The molecule has 3 saturated heterocycles. The number of rotatable bonds is 3. The predicted molar refractivity (Wildman–Crippen MR) is 97.1 cm³/mol. The Labute approximate surface area is 151 Å². The number of likely N-dealkylation sites (N-methyl/N-ethyl adjacent to an activating group) is 1. The van der Waals surface area contributed by atoms with E-state index >= 15 is 0 Å². The van der Waals surface area contributed by atoms with Crippen LogP contribution in [0.1, 0.15) is 32.1 Å². The maximum absolute atomic E-state index is 12.8. The standard InChI is InChI=1S/C18H31N3O3S/c1-19-7-9-20(10-8-19)12-16-6-11-25(23,24)18(16)13-21(14-18)17(22)15-4-2-3-5-15/h15-16H,2-14H2,1H3. The van der Waals surface area contributed by atoms with Crippen molar-refractivity contribution in [2.45, 2.75) is 36.9 Å². The van der Waals surface area contributed by atoms with Crippen LogP contribution in [0.4, 0.5) is 0 Å². The summed E-state index contributed by atoms with van der Waals surface area (Å²) in [5, 5.41) is 0. The zero-order chi connectivity index (χ0) is 17.7. The molecule has 6 nitrogen and oxygen atoms in total. The first kappa shape index (κ1) is 17.7. The van der Waals surface area contributed by atoms with Gasteiger partial charge in [0.25, 0.3) is 0 Å². The Hall–Kier alpha value is -0.660. The van der Waals surface area contributed by atoms with Crippen LogP contribution in [0.25, 0.3) is 0 Å². The average Bonchev–Trinajstić information content (AvgIpc) is 3.14. The largest absolute Gasteiger partial charge is 0.339 e. The fourth-order valence-electron chi connectivity index (χ4n) is 5.26. The van der Waals surface area contributed by atoms with Crippen LogP contribution in [0.15, 0.2) is 0 Å². The molecule has 7 heteroatoms. The highest BCUT2D eigenvalue weighted by Crippen LogP contribution is 2.46. The summed E-state index contributed by atoms with van der Waals surface area (Å²) in [6.07, 6.45) is 5.01. The molecule has 0 aromatic rings. The lowest BCUT2D eigenvalue weighted by atomic mass is 9.82. The van der Waals surface area contributed by atoms with Gasteiger partial charge in [-0.3, -0.25) is 4.79 Å². The number of hydrogen-bond acceptors (Lipinski definition) is 5. The second-order valence-corrected chi connectivity index (χ2v) is 11.1. The van der Waals surface area contributed by atoms with Gasteiger partial charge in [0.1, 0.15) is 4.75 Å². The first-order valence-corrected chi connectivity index (χ1v) is 11.5. The number of hydrogen-bond donors (Lipinski definition) is 0. The molecule has 1 spiro atoms. The molecule has 0 bridgehead atoms. The van der Waals surface area contributed by atoms with Crippen molar-refractivity contribution >= 4 is 15.7 Å². The van der Waals surface area contributed by atoms with Crippen LogP contribution in [-0.2, 0) is 14.6 Å². The molecule has 25 heavy (non-hydrogen) atoms. The van der Waals surface area contributed by atoms with Gasteiger partial charge in [0.15, 0.2) is 9.84 Å². The third kappa shape index (κ3) is 3.02. The third-order valence-electron chi connectivity index (χ3n) is 7.11. The van der Waals surface area contributed by atoms with Gasteiger partial charge in [0.05, 0.1) is 5.75 Å². The van der Waals surface area contributed by atoms with Crippen LogP contribution in [-0.4, -0.2) is 92.4 Å². The Morgan fingerprint density at radius 3 is 2.32 bits per heavy atom. The summed E-state index contributed by atoms with van der Waals surface area (Å²) in [5.41, 5.74) is 0. The van der Waals surface area contributed by atoms with Gasteiger partial charge >= 0.3 is 0 Å². The number of sulfone groups is 1. The minimum Gasteiger partial charge on any atom is -0.339 e. The second-order valence-electron chi connectivity index (χ2n) is 8.65. The highest BCUT2D eigenvalue weighted by molar-refractivity contribution is 7.93. The van der Waals surface area contributed by atoms with Crippen LogP contribution in [0.3, 0.4) is 0 Å². The lowest BCUT2D eigenvalue weighted by molar-refractivity contribution is -0.141. The molecule has 0 N–H and O–H groups in total. The lowest BCUT2D eigenvalue weighted by Gasteiger charge is -2.51. The molecule has 1 aliphatic carbocycles. The Morgan fingerprint density at radius 1 is 1.04 bits per heavy atom. The van der Waals surface area contributed by atoms with Crippen molar-refractivity contribution in [3.05, 3.63) is 0 Å². The van der Waals surface area contributed by atoms with Gasteiger partial charge in [0, 0.05) is 51.7 Å². The van der Waals surface area contributed by atoms with Gasteiger partial charge in [-0.25, -0.2) is 8.42 Å². The first-order chi connectivity index (χ1) is 11.9. The maximum Gasteiger partial charge on any atom is 0.225 e. The topological polar surface area (TPSA) is 60.9 Å². The number of nitrogens with zero attached hydrogens (tertiary/aromatic N) is 3. The van der Waals surface area contributed by atoms with E-state index < -0.39 is 14.6 Å². The van der Waals surface area contributed by atoms with Crippen molar-refractivity contribution in [2.75, 3.05) is 58.6 Å². The van der Waals surface area contributed by atoms with Crippen LogP contribution >= 0.6 is 0 Å². The molecule has 0 aromatic heterocycles. The molecule has 3 heterocycles. The minimum absolute atomic E-state index is 0.150. The van der Waals surface area contributed by atoms with E-state index in [1.54, 1.807) is 0 Å². The Balaban J connectivity index is 1.42. The Bertz CT molecular complexity index is 615. The average molecular weight is 370 g/mol. The zero-order valence-electron chi connectivity index (χ0n) is 15.3. The van der Waals surface area contributed by atoms with Crippen LogP contribution in [0.5, 0.6) is 0 Å². The molecular formula is C18H31N3O3S. The van der Waals surface area contributed by atoms with Gasteiger partial charge in [-0.05, 0) is 32.2 Å². The second kappa shape index (κ2) is 6.50. The Kier molecular flexibility index (Phi) is 4.61. The van der Waals surface area contributed by atoms with Crippen molar-refractivity contribution < 1.29 is 13.2 Å². The highest BCUT2D eigenvalue weighted by Gasteiger charge is 2.62. The molecule has 1 saturated carbocycles. The van der Waals surface area contributed by atoms with Crippen molar-refractivity contribution in [1.82, 2.24) is 14.7 Å². The van der Waals surface area contributed by atoms with Crippen LogP contribution in [0, 0.1) is 11.8 Å². The lowest BCUT2D eigenvalue weighted by Crippen LogP contribution is -2.70. The first-order valence-electron chi connectivity index (χ1n) is 9.83. The van der Waals surface area contributed by atoms with E-state index in [1.165, 1.54) is 0 Å². The van der Waals surface area contributed by atoms with Gasteiger partial charge in [0.2, 0.25) is 5.91 Å². The molecule has 1 amide bonds. The van der Waals surface area contributed by atoms with E-state index in [0.717, 1.165) is 64.8 Å². The van der Waals surface area contributed by atoms with Crippen molar-refractivity contribution in [2.24, 2.45) is 11.8 Å². The summed E-state index contributed by atoms with van der Waals surface area (Å²) >= 11 is 0. The molecule has 4 fully saturated rings. The summed E-state index contributed by atoms with van der Waals surface area (Å²) < 4.78 is 24.9. The van der Waals surface area contributed by atoms with Gasteiger partial charge in [-0.2, -0.15) is 0 Å². The van der Waals surface area contributed by atoms with E-state index in [1.807, 2.05) is 4.90 Å². The normalized spacial score (nSPS) is 33.0. The number of likely N-dealkylation sites (tertiary alicyclic amines) is 1. The number of carbonyl (C=O) groups excluding carboxylic acids is 1. The number of carbonyl (C=O) groups is 1. The molecule has 1 atom stereocenters. The van der Waals surface area contributed by atoms with Crippen LogP contribution in [0.2, 0.25) is 0 Å². The summed E-state index contributed by atoms with van der Waals surface area (Å²) in [6, 6.07) is 0. The quantitative estimate of drug-likeness (QED) is 0.722. The van der Waals surface area contributed by atoms with E-state index in [0.29, 0.717) is 18.8 Å². The fourth-order valence-corrected chi connectivity index (χ4v) is 7.67. The molecule has 3 aliphatic heterocycles. The summed E-state index contributed by atoms with van der Waals surface area (Å²) in [5.74, 6) is 0.853. The number of piperazine rings is 1. The fraction of sp³-hybridized carbons (Fsp3) is 0.944. The molecule has 4 rings (SSSR count). The highest BCUT2D eigenvalue weighted by atomic mass is 32.2. The smallest absolute Gasteiger partial charge is 0.225 e. The summed E-state index contributed by atoms with van der Waals surface area (Å²) in [7, 11) is -0.945. The molecule has 4 aliphatic rings. The number of amides is 1. The van der Waals surface area contributed by atoms with E-state index in [4.69, 9.17) is 0 Å². The Morgan fingerprint density at radius 2 is 1.68 bits per heavy atom. The predicted octanol–water partition coefficient (Wildman–Crippen LogP) is 0.440. The van der Waals surface area contributed by atoms with E-state index in [-0.39, 0.29) is 17.7 Å². The molecule has 0 radical (unpaired) electrons. The SMILES string of the molecule is CN1CCN(CC2CCS(=O)(=O)C23CN(C(=O)C2CCCC2)C3)CC1. The van der Waals surface area contributed by atoms with Crippen molar-refractivity contribution in [3.63, 3.8) is 0 Å². The summed E-state index contributed by atoms with van der Waals surface area (Å²) in [6.45, 7) is 5.92. The van der Waals surface area contributed by atoms with Crippen molar-refractivity contribution in [1.29, 1.82) is 0 Å². The van der Waals surface area contributed by atoms with E-state index in [2.05, 4.69) is 16.8 Å². The monoisotopic (exact) mass is 369 g/mol. The maximum atomic E-state index is 12.8. The van der Waals surface area contributed by atoms with Gasteiger partial charge < -0.3 is 14.7 Å². The summed E-state index contributed by atoms with van der Waals surface area (Å²) in [4.78, 5) is 19.2. The molecule has 1 unspecified atom stereocenters. The van der Waals surface area contributed by atoms with Gasteiger partial charge in [-0.15, -0.1) is 0 Å². The molecule has 142 valence electrons. The van der Waals surface area contributed by atoms with Crippen molar-refractivity contribution in [3.8, 4) is 0 Å². The molecular weight excluding hydrogens is 338 g/mol. The molecule has 0 aromatic carbocycles. The van der Waals surface area contributed by atoms with E-state index in [9.17, 15) is 13.2 Å². The van der Waals surface area contributed by atoms with Gasteiger partial charge in [-0.1, -0.05) is 12.8 Å². The van der Waals surface area contributed by atoms with Crippen LogP contribution < -0.4 is 0 Å². The zero-order valence-corrected chi connectivity index (χ0v) is 16.1. The third-order valence-corrected chi connectivity index (χ3v) is 9.71. The minimum atomic E-state index is -3.08.